The number of hydrogen-bond acceptors (Lipinski definition) is 3. The molecule has 2 rings (SSSR count). The predicted octanol–water partition coefficient (Wildman–Crippen LogP) is 3.49. The molecule has 0 aliphatic carbocycles. The molecule has 88 valence electrons. The second-order valence-corrected chi connectivity index (χ2v) is 4.26. The molecule has 0 fully saturated rings. The van der Waals surface area contributed by atoms with Gasteiger partial charge in [0.1, 0.15) is 10.3 Å². The minimum atomic E-state index is -0.307. The van der Waals surface area contributed by atoms with E-state index in [1.807, 2.05) is 6.07 Å². The van der Waals surface area contributed by atoms with Crippen molar-refractivity contribution in [1.82, 2.24) is 4.98 Å². The van der Waals surface area contributed by atoms with Gasteiger partial charge < -0.3 is 0 Å². The van der Waals surface area contributed by atoms with Gasteiger partial charge in [0.05, 0.1) is 11.6 Å². The van der Waals surface area contributed by atoms with Crippen molar-refractivity contribution >= 4 is 29.0 Å². The second-order valence-electron chi connectivity index (χ2n) is 3.49. The van der Waals surface area contributed by atoms with Gasteiger partial charge in [0, 0.05) is 11.1 Å². The van der Waals surface area contributed by atoms with E-state index < -0.39 is 0 Å². The summed E-state index contributed by atoms with van der Waals surface area (Å²) in [5.41, 5.74) is 0.938. The lowest BCUT2D eigenvalue weighted by atomic mass is 10.00. The summed E-state index contributed by atoms with van der Waals surface area (Å²) in [7, 11) is 0. The Bertz CT molecular complexity index is 642. The van der Waals surface area contributed by atoms with Crippen molar-refractivity contribution in [3.05, 3.63) is 63.4 Å². The zero-order chi connectivity index (χ0) is 13.1. The predicted molar refractivity (Wildman–Crippen MR) is 68.8 cm³/mol. The van der Waals surface area contributed by atoms with Gasteiger partial charge in [0.25, 0.3) is 0 Å². The highest BCUT2D eigenvalue weighted by molar-refractivity contribution is 6.33. The molecule has 1 heterocycles. The van der Waals surface area contributed by atoms with Gasteiger partial charge in [-0.05, 0) is 24.3 Å². The summed E-state index contributed by atoms with van der Waals surface area (Å²) in [5, 5.41) is 9.24. The van der Waals surface area contributed by atoms with E-state index in [1.54, 1.807) is 24.3 Å². The molecule has 0 atom stereocenters. The Morgan fingerprint density at radius 3 is 2.39 bits per heavy atom. The smallest absolute Gasteiger partial charge is 0.194 e. The van der Waals surface area contributed by atoms with Crippen LogP contribution in [-0.2, 0) is 0 Å². The quantitative estimate of drug-likeness (QED) is 0.623. The number of ketones is 1. The fraction of sp³-hybridized carbons (Fsp3) is 0. The van der Waals surface area contributed by atoms with E-state index in [0.29, 0.717) is 16.7 Å². The molecule has 0 radical (unpaired) electrons. The summed E-state index contributed by atoms with van der Waals surface area (Å²) in [5.74, 6) is -0.307. The van der Waals surface area contributed by atoms with E-state index in [9.17, 15) is 4.79 Å². The minimum absolute atomic E-state index is 0.139. The second kappa shape index (κ2) is 5.18. The lowest BCUT2D eigenvalue weighted by molar-refractivity contribution is 0.103. The van der Waals surface area contributed by atoms with Gasteiger partial charge in [0.15, 0.2) is 5.78 Å². The number of nitrogens with zero attached hydrogens (tertiary/aromatic N) is 2. The summed E-state index contributed by atoms with van der Waals surface area (Å²) in [6, 6.07) is 11.4. The highest BCUT2D eigenvalue weighted by Gasteiger charge is 2.14. The molecule has 0 saturated heterocycles. The fourth-order valence-electron chi connectivity index (χ4n) is 1.53. The molecule has 0 aliphatic rings. The average molecular weight is 277 g/mol. The van der Waals surface area contributed by atoms with Crippen LogP contribution in [0.1, 0.15) is 21.5 Å². The lowest BCUT2D eigenvalue weighted by Gasteiger charge is -2.04. The van der Waals surface area contributed by atoms with Crippen LogP contribution >= 0.6 is 23.2 Å². The molecular formula is C13H6Cl2N2O. The summed E-state index contributed by atoms with van der Waals surface area (Å²) < 4.78 is 0. The molecule has 3 nitrogen and oxygen atoms in total. The summed E-state index contributed by atoms with van der Waals surface area (Å²) in [6.45, 7) is 0. The number of pyridine rings is 1. The first-order chi connectivity index (χ1) is 8.61. The number of benzene rings is 1. The Morgan fingerprint density at radius 2 is 1.78 bits per heavy atom. The van der Waals surface area contributed by atoms with Gasteiger partial charge in [-0.25, -0.2) is 4.98 Å². The maximum absolute atomic E-state index is 12.2. The molecular weight excluding hydrogens is 271 g/mol. The van der Waals surface area contributed by atoms with E-state index >= 15 is 0 Å². The third-order valence-electron chi connectivity index (χ3n) is 2.32. The van der Waals surface area contributed by atoms with Crippen molar-refractivity contribution in [3.63, 3.8) is 0 Å². The van der Waals surface area contributed by atoms with Crippen LogP contribution in [0, 0.1) is 11.3 Å². The molecule has 0 aliphatic heterocycles. The van der Waals surface area contributed by atoms with E-state index in [0.717, 1.165) is 0 Å². The van der Waals surface area contributed by atoms with Crippen LogP contribution in [0.5, 0.6) is 0 Å². The Morgan fingerprint density at radius 1 is 1.17 bits per heavy atom. The van der Waals surface area contributed by atoms with Crippen molar-refractivity contribution in [1.29, 1.82) is 5.26 Å². The van der Waals surface area contributed by atoms with E-state index in [4.69, 9.17) is 28.5 Å². The van der Waals surface area contributed by atoms with Crippen LogP contribution in [0.3, 0.4) is 0 Å². The molecule has 18 heavy (non-hydrogen) atoms. The first-order valence-electron chi connectivity index (χ1n) is 4.98. The number of nitriles is 1. The van der Waals surface area contributed by atoms with E-state index in [2.05, 4.69) is 4.98 Å². The molecule has 1 aromatic heterocycles. The fourth-order valence-corrected chi connectivity index (χ4v) is 1.99. The molecule has 0 spiro atoms. The average Bonchev–Trinajstić information content (AvgIpc) is 2.36. The van der Waals surface area contributed by atoms with E-state index in [-0.39, 0.29) is 16.1 Å². The molecule has 1 aromatic carbocycles. The molecule has 0 N–H and O–H groups in total. The van der Waals surface area contributed by atoms with Crippen molar-refractivity contribution in [3.8, 4) is 6.07 Å². The summed E-state index contributed by atoms with van der Waals surface area (Å²) in [4.78, 5) is 16.0. The van der Waals surface area contributed by atoms with Crippen LogP contribution in [0.2, 0.25) is 10.3 Å². The van der Waals surface area contributed by atoms with Gasteiger partial charge in [-0.3, -0.25) is 4.79 Å². The van der Waals surface area contributed by atoms with Crippen LogP contribution in [0.4, 0.5) is 0 Å². The molecule has 0 bridgehead atoms. The van der Waals surface area contributed by atoms with Crippen molar-refractivity contribution in [2.24, 2.45) is 0 Å². The van der Waals surface area contributed by atoms with Gasteiger partial charge in [-0.15, -0.1) is 0 Å². The molecule has 0 amide bonds. The van der Waals surface area contributed by atoms with E-state index in [1.165, 1.54) is 12.1 Å². The topological polar surface area (TPSA) is 53.8 Å². The van der Waals surface area contributed by atoms with Crippen molar-refractivity contribution in [2.45, 2.75) is 0 Å². The number of rotatable bonds is 2. The molecule has 2 aromatic rings. The maximum Gasteiger partial charge on any atom is 0.194 e. The number of hydrogen-bond donors (Lipinski definition) is 0. The van der Waals surface area contributed by atoms with Crippen LogP contribution in [0.15, 0.2) is 36.4 Å². The Kier molecular flexibility index (Phi) is 3.61. The summed E-state index contributed by atoms with van der Waals surface area (Å²) >= 11 is 11.5. The third-order valence-corrected chi connectivity index (χ3v) is 2.70. The van der Waals surface area contributed by atoms with Crippen LogP contribution in [0.25, 0.3) is 0 Å². The monoisotopic (exact) mass is 276 g/mol. The standard InChI is InChI=1S/C13H6Cl2N2O/c14-11-5-9(6-12(15)17-11)13(18)10-4-2-1-3-8(10)7-16/h1-6H. The van der Waals surface area contributed by atoms with Gasteiger partial charge >= 0.3 is 0 Å². The van der Waals surface area contributed by atoms with Crippen molar-refractivity contribution < 1.29 is 4.79 Å². The number of halogens is 2. The first kappa shape index (κ1) is 12.6. The Balaban J connectivity index is 2.52. The molecule has 0 unspecified atom stereocenters. The zero-order valence-electron chi connectivity index (χ0n) is 9.02. The maximum atomic E-state index is 12.2. The largest absolute Gasteiger partial charge is 0.289 e. The van der Waals surface area contributed by atoms with Gasteiger partial charge in [-0.1, -0.05) is 35.3 Å². The van der Waals surface area contributed by atoms with Crippen LogP contribution < -0.4 is 0 Å². The van der Waals surface area contributed by atoms with Crippen molar-refractivity contribution in [2.75, 3.05) is 0 Å². The highest BCUT2D eigenvalue weighted by Crippen LogP contribution is 2.19. The number of carbonyl (C=O) groups is 1. The number of carbonyl (C=O) groups excluding carboxylic acids is 1. The van der Waals surface area contributed by atoms with Gasteiger partial charge in [0.2, 0.25) is 0 Å². The van der Waals surface area contributed by atoms with Crippen LogP contribution in [-0.4, -0.2) is 10.8 Å². The minimum Gasteiger partial charge on any atom is -0.289 e. The van der Waals surface area contributed by atoms with Gasteiger partial charge in [-0.2, -0.15) is 5.26 Å². The Labute approximate surface area is 114 Å². The lowest BCUT2D eigenvalue weighted by Crippen LogP contribution is -2.04. The highest BCUT2D eigenvalue weighted by atomic mass is 35.5. The first-order valence-corrected chi connectivity index (χ1v) is 5.74. The third kappa shape index (κ3) is 2.51. The Hall–Kier alpha value is -1.89. The SMILES string of the molecule is N#Cc1ccccc1C(=O)c1cc(Cl)nc(Cl)c1. The molecule has 5 heteroatoms. The number of aromatic nitrogens is 1. The normalized spacial score (nSPS) is 9.83. The summed E-state index contributed by atoms with van der Waals surface area (Å²) in [6.07, 6.45) is 0. The zero-order valence-corrected chi connectivity index (χ0v) is 10.5. The molecule has 0 saturated carbocycles.